The second-order valence-electron chi connectivity index (χ2n) is 9.68. The van der Waals surface area contributed by atoms with Gasteiger partial charge in [0.1, 0.15) is 11.4 Å². The van der Waals surface area contributed by atoms with Crippen molar-refractivity contribution < 1.29 is 4.74 Å². The van der Waals surface area contributed by atoms with Crippen LogP contribution in [0.4, 0.5) is 0 Å². The summed E-state index contributed by atoms with van der Waals surface area (Å²) >= 11 is 5.97. The number of nitrogens with zero attached hydrogens (tertiary/aromatic N) is 1. The minimum absolute atomic E-state index is 0.0297. The third-order valence-electron chi connectivity index (χ3n) is 7.39. The second-order valence-corrected chi connectivity index (χ2v) is 10.1. The van der Waals surface area contributed by atoms with Crippen LogP contribution >= 0.6 is 11.6 Å². The lowest BCUT2D eigenvalue weighted by atomic mass is 9.77. The van der Waals surface area contributed by atoms with Gasteiger partial charge in [-0.05, 0) is 97.9 Å². The number of pyridine rings is 1. The molecule has 2 N–H and O–H groups in total. The molecule has 2 fully saturated rings. The summed E-state index contributed by atoms with van der Waals surface area (Å²) in [7, 11) is 0. The number of hydrogen-bond acceptors (Lipinski definition) is 3. The molecule has 0 bridgehead atoms. The van der Waals surface area contributed by atoms with Gasteiger partial charge in [-0.3, -0.25) is 0 Å². The van der Waals surface area contributed by atoms with Gasteiger partial charge in [-0.25, -0.2) is 4.98 Å². The van der Waals surface area contributed by atoms with Crippen molar-refractivity contribution in [2.45, 2.75) is 50.5 Å². The average Bonchev–Trinajstić information content (AvgIpc) is 3.59. The molecule has 1 heterocycles. The van der Waals surface area contributed by atoms with Crippen LogP contribution in [0.5, 0.6) is 5.75 Å². The van der Waals surface area contributed by atoms with Crippen molar-refractivity contribution in [2.24, 2.45) is 17.6 Å². The lowest BCUT2D eigenvalue weighted by molar-refractivity contribution is 0.176. The van der Waals surface area contributed by atoms with Crippen molar-refractivity contribution >= 4 is 11.6 Å². The van der Waals surface area contributed by atoms with Gasteiger partial charge in [-0.1, -0.05) is 48.6 Å². The average molecular weight is 471 g/mol. The van der Waals surface area contributed by atoms with E-state index < -0.39 is 0 Å². The van der Waals surface area contributed by atoms with Crippen LogP contribution in [0.1, 0.15) is 56.2 Å². The Labute approximate surface area is 207 Å². The molecule has 3 nitrogen and oxygen atoms in total. The number of nitrogens with two attached hydrogens (primary N) is 1. The molecule has 2 saturated carbocycles. The van der Waals surface area contributed by atoms with Gasteiger partial charge in [0.05, 0.1) is 6.61 Å². The first-order chi connectivity index (χ1) is 16.6. The zero-order valence-electron chi connectivity index (χ0n) is 19.5. The SMILES string of the molecule is NC(CCOc1ccc(C#Cc2ccc(-c3ccc(Cl)cc3)cn2)cc1)(C1CCCC1)C1CC1. The fourth-order valence-corrected chi connectivity index (χ4v) is 5.35. The first-order valence-corrected chi connectivity index (χ1v) is 12.7. The Morgan fingerprint density at radius 3 is 2.18 bits per heavy atom. The number of hydrogen-bond donors (Lipinski definition) is 1. The van der Waals surface area contributed by atoms with Crippen LogP contribution in [0.25, 0.3) is 11.1 Å². The van der Waals surface area contributed by atoms with Crippen LogP contribution in [0.2, 0.25) is 5.02 Å². The minimum atomic E-state index is -0.0297. The molecule has 0 aliphatic heterocycles. The summed E-state index contributed by atoms with van der Waals surface area (Å²) in [6, 6.07) is 19.7. The summed E-state index contributed by atoms with van der Waals surface area (Å²) < 4.78 is 6.07. The van der Waals surface area contributed by atoms with Gasteiger partial charge in [-0.2, -0.15) is 0 Å². The van der Waals surface area contributed by atoms with Crippen LogP contribution in [0, 0.1) is 23.7 Å². The van der Waals surface area contributed by atoms with E-state index in [2.05, 4.69) is 16.8 Å². The fourth-order valence-electron chi connectivity index (χ4n) is 5.22. The van der Waals surface area contributed by atoms with Crippen LogP contribution in [0.15, 0.2) is 66.9 Å². The lowest BCUT2D eigenvalue weighted by Gasteiger charge is -2.36. The maximum Gasteiger partial charge on any atom is 0.119 e. The van der Waals surface area contributed by atoms with Gasteiger partial charge in [0.2, 0.25) is 0 Å². The van der Waals surface area contributed by atoms with Gasteiger partial charge >= 0.3 is 0 Å². The van der Waals surface area contributed by atoms with Crippen LogP contribution < -0.4 is 10.5 Å². The van der Waals surface area contributed by atoms with Crippen molar-refractivity contribution in [1.82, 2.24) is 4.98 Å². The zero-order valence-corrected chi connectivity index (χ0v) is 20.2. The molecule has 3 aromatic rings. The molecule has 1 atom stereocenters. The van der Waals surface area contributed by atoms with E-state index in [4.69, 9.17) is 22.1 Å². The van der Waals surface area contributed by atoms with E-state index >= 15 is 0 Å². The van der Waals surface area contributed by atoms with Crippen molar-refractivity contribution in [3.8, 4) is 28.7 Å². The molecule has 0 spiro atoms. The topological polar surface area (TPSA) is 48.1 Å². The van der Waals surface area contributed by atoms with Crippen molar-refractivity contribution in [3.63, 3.8) is 0 Å². The molecule has 0 radical (unpaired) electrons. The third-order valence-corrected chi connectivity index (χ3v) is 7.64. The Bertz CT molecular complexity index is 1150. The number of ether oxygens (including phenoxy) is 1. The molecular formula is C30H31ClN2O. The molecule has 2 aliphatic rings. The van der Waals surface area contributed by atoms with Crippen molar-refractivity contribution in [1.29, 1.82) is 0 Å². The maximum absolute atomic E-state index is 6.93. The first kappa shape index (κ1) is 23.0. The van der Waals surface area contributed by atoms with E-state index in [1.165, 1.54) is 38.5 Å². The number of rotatable bonds is 7. The highest BCUT2D eigenvalue weighted by atomic mass is 35.5. The highest BCUT2D eigenvalue weighted by molar-refractivity contribution is 6.30. The lowest BCUT2D eigenvalue weighted by Crippen LogP contribution is -2.49. The monoisotopic (exact) mass is 470 g/mol. The summed E-state index contributed by atoms with van der Waals surface area (Å²) in [6.45, 7) is 0.679. The normalized spacial score (nSPS) is 17.6. The summed E-state index contributed by atoms with van der Waals surface area (Å²) in [4.78, 5) is 4.48. The predicted octanol–water partition coefficient (Wildman–Crippen LogP) is 6.87. The summed E-state index contributed by atoms with van der Waals surface area (Å²) in [6.07, 6.45) is 10.6. The van der Waals surface area contributed by atoms with Gasteiger partial charge in [-0.15, -0.1) is 0 Å². The Hall–Kier alpha value is -2.80. The first-order valence-electron chi connectivity index (χ1n) is 12.4. The highest BCUT2D eigenvalue weighted by Gasteiger charge is 2.47. The number of halogens is 1. The van der Waals surface area contributed by atoms with Crippen molar-refractivity contribution in [2.75, 3.05) is 6.61 Å². The van der Waals surface area contributed by atoms with E-state index in [1.807, 2.05) is 66.9 Å². The van der Waals surface area contributed by atoms with E-state index in [0.717, 1.165) is 39.6 Å². The summed E-state index contributed by atoms with van der Waals surface area (Å²) in [5.74, 6) is 8.58. The van der Waals surface area contributed by atoms with E-state index in [-0.39, 0.29) is 5.54 Å². The van der Waals surface area contributed by atoms with Gasteiger partial charge in [0, 0.05) is 27.9 Å². The minimum Gasteiger partial charge on any atom is -0.494 e. The largest absolute Gasteiger partial charge is 0.494 e. The smallest absolute Gasteiger partial charge is 0.119 e. The second kappa shape index (κ2) is 10.2. The Kier molecular flexibility index (Phi) is 6.90. The Morgan fingerprint density at radius 2 is 1.53 bits per heavy atom. The number of aromatic nitrogens is 1. The van der Waals surface area contributed by atoms with Crippen molar-refractivity contribution in [3.05, 3.63) is 83.1 Å². The summed E-state index contributed by atoms with van der Waals surface area (Å²) in [5.41, 5.74) is 10.7. The molecule has 1 aromatic heterocycles. The zero-order chi connectivity index (χ0) is 23.4. The van der Waals surface area contributed by atoms with Crippen LogP contribution in [0.3, 0.4) is 0 Å². The molecule has 174 valence electrons. The molecule has 1 unspecified atom stereocenters. The standard InChI is InChI=1S/C30H31ClN2O/c31-27-13-8-23(9-14-27)24-10-16-28(33-21-24)15-5-22-6-17-29(18-7-22)34-20-19-30(32,26-11-12-26)25-3-1-2-4-25/h6-10,13-14,16-18,21,25-26H,1-4,11-12,19-20,32H2. The van der Waals surface area contributed by atoms with Gasteiger partial charge < -0.3 is 10.5 Å². The fraction of sp³-hybridized carbons (Fsp3) is 0.367. The van der Waals surface area contributed by atoms with E-state index in [9.17, 15) is 0 Å². The molecule has 4 heteroatoms. The number of benzene rings is 2. The molecule has 5 rings (SSSR count). The van der Waals surface area contributed by atoms with Crippen LogP contribution in [-0.2, 0) is 0 Å². The molecule has 2 aromatic carbocycles. The molecule has 2 aliphatic carbocycles. The maximum atomic E-state index is 6.93. The molecule has 0 amide bonds. The van der Waals surface area contributed by atoms with E-state index in [0.29, 0.717) is 18.4 Å². The quantitative estimate of drug-likeness (QED) is 0.383. The van der Waals surface area contributed by atoms with Gasteiger partial charge in [0.15, 0.2) is 0 Å². The van der Waals surface area contributed by atoms with Gasteiger partial charge in [0.25, 0.3) is 0 Å². The predicted molar refractivity (Wildman–Crippen MR) is 139 cm³/mol. The third kappa shape index (κ3) is 5.46. The van der Waals surface area contributed by atoms with E-state index in [1.54, 1.807) is 0 Å². The Morgan fingerprint density at radius 1 is 0.853 bits per heavy atom. The molecule has 34 heavy (non-hydrogen) atoms. The molecular weight excluding hydrogens is 440 g/mol. The summed E-state index contributed by atoms with van der Waals surface area (Å²) in [5, 5.41) is 0.727. The van der Waals surface area contributed by atoms with Crippen LogP contribution in [-0.4, -0.2) is 17.1 Å². The Balaban J connectivity index is 1.15. The highest BCUT2D eigenvalue weighted by Crippen LogP contribution is 2.48. The molecule has 0 saturated heterocycles.